The molecule has 2 heterocycles. The van der Waals surface area contributed by atoms with Crippen molar-refractivity contribution in [2.75, 3.05) is 31.4 Å². The Hall–Kier alpha value is -2.41. The summed E-state index contributed by atoms with van der Waals surface area (Å²) in [4.78, 5) is 17.0. The molecular weight excluding hydrogens is 316 g/mol. The smallest absolute Gasteiger partial charge is 0.234 e. The topological polar surface area (TPSA) is 69.7 Å². The van der Waals surface area contributed by atoms with Crippen molar-refractivity contribution in [3.05, 3.63) is 36.5 Å². The lowest BCUT2D eigenvalue weighted by molar-refractivity contribution is -0.113. The number of benzene rings is 1. The Morgan fingerprint density at radius 2 is 2.09 bits per heavy atom. The van der Waals surface area contributed by atoms with Crippen molar-refractivity contribution in [3.8, 4) is 17.4 Å². The molecule has 7 heteroatoms. The van der Waals surface area contributed by atoms with E-state index in [9.17, 15) is 4.79 Å². The summed E-state index contributed by atoms with van der Waals surface area (Å²) in [7, 11) is 1.55. The molecule has 0 spiro atoms. The number of pyridine rings is 1. The standard InChI is InChI=1S/C16H16N2O4S/c1-20-16-5-2-11(9-17-16)18-15(19)10-23-12-3-4-13-14(8-12)22-7-6-21-13/h2-5,8-9H,6-7,10H2,1H3,(H,18,19). The molecular formula is C16H16N2O4S. The summed E-state index contributed by atoms with van der Waals surface area (Å²) in [6.07, 6.45) is 1.56. The number of ether oxygens (including phenoxy) is 3. The quantitative estimate of drug-likeness (QED) is 0.849. The highest BCUT2D eigenvalue weighted by Crippen LogP contribution is 2.34. The van der Waals surface area contributed by atoms with Crippen LogP contribution < -0.4 is 19.5 Å². The zero-order valence-corrected chi connectivity index (χ0v) is 13.4. The summed E-state index contributed by atoms with van der Waals surface area (Å²) >= 11 is 1.44. The van der Waals surface area contributed by atoms with E-state index in [2.05, 4.69) is 10.3 Å². The number of hydrogen-bond donors (Lipinski definition) is 1. The number of rotatable bonds is 5. The highest BCUT2D eigenvalue weighted by molar-refractivity contribution is 8.00. The summed E-state index contributed by atoms with van der Waals surface area (Å²) in [5.74, 6) is 2.17. The van der Waals surface area contributed by atoms with E-state index >= 15 is 0 Å². The molecule has 0 atom stereocenters. The molecule has 1 aromatic carbocycles. The van der Waals surface area contributed by atoms with E-state index in [1.165, 1.54) is 11.8 Å². The van der Waals surface area contributed by atoms with Crippen LogP contribution in [0.3, 0.4) is 0 Å². The van der Waals surface area contributed by atoms with Gasteiger partial charge in [-0.3, -0.25) is 4.79 Å². The highest BCUT2D eigenvalue weighted by atomic mass is 32.2. The number of nitrogens with one attached hydrogen (secondary N) is 1. The van der Waals surface area contributed by atoms with Gasteiger partial charge in [0.2, 0.25) is 11.8 Å². The maximum Gasteiger partial charge on any atom is 0.234 e. The number of anilines is 1. The molecule has 1 aliphatic rings. The first-order valence-electron chi connectivity index (χ1n) is 7.07. The van der Waals surface area contributed by atoms with E-state index < -0.39 is 0 Å². The van der Waals surface area contributed by atoms with Gasteiger partial charge in [-0.05, 0) is 24.3 Å². The number of aromatic nitrogens is 1. The van der Waals surface area contributed by atoms with E-state index in [0.29, 0.717) is 30.5 Å². The predicted octanol–water partition coefficient (Wildman–Crippen LogP) is 2.59. The van der Waals surface area contributed by atoms with Crippen molar-refractivity contribution in [2.24, 2.45) is 0 Å². The molecule has 1 N–H and O–H groups in total. The molecule has 1 amide bonds. The van der Waals surface area contributed by atoms with Crippen molar-refractivity contribution in [1.29, 1.82) is 0 Å². The number of carbonyl (C=O) groups is 1. The average molecular weight is 332 g/mol. The normalized spacial score (nSPS) is 12.6. The molecule has 0 unspecified atom stereocenters. The summed E-state index contributed by atoms with van der Waals surface area (Å²) in [6, 6.07) is 9.12. The van der Waals surface area contributed by atoms with Gasteiger partial charge in [-0.2, -0.15) is 0 Å². The maximum atomic E-state index is 12.0. The van der Waals surface area contributed by atoms with Crippen LogP contribution in [-0.4, -0.2) is 37.0 Å². The summed E-state index contributed by atoms with van der Waals surface area (Å²) in [5, 5.41) is 2.79. The lowest BCUT2D eigenvalue weighted by Gasteiger charge is -2.18. The zero-order valence-electron chi connectivity index (χ0n) is 12.6. The van der Waals surface area contributed by atoms with E-state index in [-0.39, 0.29) is 5.91 Å². The molecule has 120 valence electrons. The van der Waals surface area contributed by atoms with Crippen LogP contribution in [0.5, 0.6) is 17.4 Å². The number of nitrogens with zero attached hydrogens (tertiary/aromatic N) is 1. The van der Waals surface area contributed by atoms with Crippen LogP contribution in [0.2, 0.25) is 0 Å². The number of fused-ring (bicyclic) bond motifs is 1. The Morgan fingerprint density at radius 1 is 1.26 bits per heavy atom. The van der Waals surface area contributed by atoms with Crippen molar-refractivity contribution >= 4 is 23.4 Å². The van der Waals surface area contributed by atoms with Crippen molar-refractivity contribution in [3.63, 3.8) is 0 Å². The van der Waals surface area contributed by atoms with Crippen LogP contribution in [0.15, 0.2) is 41.4 Å². The van der Waals surface area contributed by atoms with Gasteiger partial charge in [0.1, 0.15) is 13.2 Å². The van der Waals surface area contributed by atoms with Crippen LogP contribution in [-0.2, 0) is 4.79 Å². The molecule has 6 nitrogen and oxygen atoms in total. The molecule has 0 saturated heterocycles. The Morgan fingerprint density at radius 3 is 2.83 bits per heavy atom. The Balaban J connectivity index is 1.54. The molecule has 1 aliphatic heterocycles. The largest absolute Gasteiger partial charge is 0.486 e. The highest BCUT2D eigenvalue weighted by Gasteiger charge is 2.12. The predicted molar refractivity (Wildman–Crippen MR) is 87.6 cm³/mol. The molecule has 2 aromatic rings. The fraction of sp³-hybridized carbons (Fsp3) is 0.250. The Bertz CT molecular complexity index is 691. The second-order valence-corrected chi connectivity index (χ2v) is 5.78. The second-order valence-electron chi connectivity index (χ2n) is 4.73. The first-order chi connectivity index (χ1) is 11.2. The van der Waals surface area contributed by atoms with Crippen LogP contribution in [0.4, 0.5) is 5.69 Å². The van der Waals surface area contributed by atoms with Gasteiger partial charge in [0, 0.05) is 11.0 Å². The van der Waals surface area contributed by atoms with Crippen LogP contribution in [0.1, 0.15) is 0 Å². The van der Waals surface area contributed by atoms with Gasteiger partial charge < -0.3 is 19.5 Å². The van der Waals surface area contributed by atoms with Gasteiger partial charge in [-0.1, -0.05) is 0 Å². The van der Waals surface area contributed by atoms with Gasteiger partial charge >= 0.3 is 0 Å². The summed E-state index contributed by atoms with van der Waals surface area (Å²) in [6.45, 7) is 1.11. The number of methoxy groups -OCH3 is 1. The number of amides is 1. The lowest BCUT2D eigenvalue weighted by Crippen LogP contribution is -2.15. The van der Waals surface area contributed by atoms with E-state index in [4.69, 9.17) is 14.2 Å². The first kappa shape index (κ1) is 15.5. The monoisotopic (exact) mass is 332 g/mol. The van der Waals surface area contributed by atoms with Crippen LogP contribution >= 0.6 is 11.8 Å². The first-order valence-corrected chi connectivity index (χ1v) is 8.05. The Kier molecular flexibility index (Phi) is 4.87. The fourth-order valence-electron chi connectivity index (χ4n) is 2.03. The third kappa shape index (κ3) is 4.07. The van der Waals surface area contributed by atoms with Crippen molar-refractivity contribution < 1.29 is 19.0 Å². The van der Waals surface area contributed by atoms with Crippen LogP contribution in [0.25, 0.3) is 0 Å². The van der Waals surface area contributed by atoms with E-state index in [0.717, 1.165) is 16.4 Å². The van der Waals surface area contributed by atoms with Gasteiger partial charge in [-0.15, -0.1) is 11.8 Å². The minimum atomic E-state index is -0.100. The molecule has 0 fully saturated rings. The van der Waals surface area contributed by atoms with Crippen molar-refractivity contribution in [1.82, 2.24) is 4.98 Å². The zero-order chi connectivity index (χ0) is 16.1. The molecule has 0 aliphatic carbocycles. The van der Waals surface area contributed by atoms with E-state index in [1.807, 2.05) is 18.2 Å². The van der Waals surface area contributed by atoms with E-state index in [1.54, 1.807) is 25.4 Å². The second kappa shape index (κ2) is 7.23. The number of thioether (sulfide) groups is 1. The molecule has 1 aromatic heterocycles. The maximum absolute atomic E-state index is 12.0. The van der Waals surface area contributed by atoms with Gasteiger partial charge in [0.25, 0.3) is 0 Å². The third-order valence-corrected chi connectivity index (χ3v) is 4.11. The minimum Gasteiger partial charge on any atom is -0.486 e. The van der Waals surface area contributed by atoms with Crippen molar-refractivity contribution in [2.45, 2.75) is 4.90 Å². The minimum absolute atomic E-state index is 0.100. The third-order valence-electron chi connectivity index (χ3n) is 3.11. The molecule has 3 rings (SSSR count). The fourth-order valence-corrected chi connectivity index (χ4v) is 2.76. The molecule has 0 bridgehead atoms. The van der Waals surface area contributed by atoms with Crippen LogP contribution in [0, 0.1) is 0 Å². The summed E-state index contributed by atoms with van der Waals surface area (Å²) < 4.78 is 16.0. The molecule has 23 heavy (non-hydrogen) atoms. The molecule has 0 saturated carbocycles. The van der Waals surface area contributed by atoms with Gasteiger partial charge in [-0.25, -0.2) is 4.98 Å². The number of hydrogen-bond acceptors (Lipinski definition) is 6. The van der Waals surface area contributed by atoms with Gasteiger partial charge in [0.05, 0.1) is 24.7 Å². The lowest BCUT2D eigenvalue weighted by atomic mass is 10.3. The SMILES string of the molecule is COc1ccc(NC(=O)CSc2ccc3c(c2)OCCO3)cn1. The number of carbonyl (C=O) groups excluding carboxylic acids is 1. The summed E-state index contributed by atoms with van der Waals surface area (Å²) in [5.41, 5.74) is 0.638. The Labute approximate surface area is 138 Å². The molecule has 0 radical (unpaired) electrons. The average Bonchev–Trinajstić information content (AvgIpc) is 2.60. The van der Waals surface area contributed by atoms with Gasteiger partial charge in [0.15, 0.2) is 11.5 Å².